The van der Waals surface area contributed by atoms with E-state index in [1.165, 1.54) is 12.1 Å². The highest BCUT2D eigenvalue weighted by Crippen LogP contribution is 2.23. The molecule has 1 heterocycles. The van der Waals surface area contributed by atoms with Crippen LogP contribution in [0.25, 0.3) is 0 Å². The molecule has 0 aromatic heterocycles. The number of rotatable bonds is 3. The summed E-state index contributed by atoms with van der Waals surface area (Å²) in [7, 11) is 0. The molecule has 1 amide bonds. The van der Waals surface area contributed by atoms with Crippen LogP contribution in [0, 0.1) is 17.0 Å². The molecule has 1 N–H and O–H groups in total. The molecule has 0 bridgehead atoms. The lowest BCUT2D eigenvalue weighted by Crippen LogP contribution is -2.47. The Balaban J connectivity index is 2.25. The number of aliphatic hydroxyl groups excluding tert-OH is 1. The van der Waals surface area contributed by atoms with Crippen molar-refractivity contribution in [1.82, 2.24) is 4.90 Å². The third kappa shape index (κ3) is 2.78. The highest BCUT2D eigenvalue weighted by Gasteiger charge is 2.27. The van der Waals surface area contributed by atoms with Gasteiger partial charge in [0.25, 0.3) is 11.6 Å². The van der Waals surface area contributed by atoms with Gasteiger partial charge in [-0.05, 0) is 13.0 Å². The summed E-state index contributed by atoms with van der Waals surface area (Å²) in [5.41, 5.74) is 0.607. The molecule has 1 atom stereocenters. The maximum absolute atomic E-state index is 12.4. The molecule has 1 aliphatic rings. The first kappa shape index (κ1) is 14.4. The Morgan fingerprint density at radius 1 is 1.60 bits per heavy atom. The van der Waals surface area contributed by atoms with Crippen molar-refractivity contribution in [2.24, 2.45) is 0 Å². The van der Waals surface area contributed by atoms with Gasteiger partial charge in [0.1, 0.15) is 0 Å². The van der Waals surface area contributed by atoms with Gasteiger partial charge in [0, 0.05) is 30.3 Å². The van der Waals surface area contributed by atoms with Gasteiger partial charge in [-0.25, -0.2) is 0 Å². The molecule has 1 aromatic carbocycles. The zero-order valence-electron chi connectivity index (χ0n) is 11.1. The topological polar surface area (TPSA) is 92.9 Å². The summed E-state index contributed by atoms with van der Waals surface area (Å²) in [6, 6.07) is 4.46. The van der Waals surface area contributed by atoms with Gasteiger partial charge in [-0.1, -0.05) is 6.07 Å². The van der Waals surface area contributed by atoms with Crippen molar-refractivity contribution in [3.8, 4) is 0 Å². The average molecular weight is 280 g/mol. The van der Waals surface area contributed by atoms with Crippen molar-refractivity contribution in [3.05, 3.63) is 39.4 Å². The van der Waals surface area contributed by atoms with Crippen molar-refractivity contribution < 1.29 is 19.6 Å². The largest absolute Gasteiger partial charge is 0.394 e. The molecular weight excluding hydrogens is 264 g/mol. The number of hydrogen-bond donors (Lipinski definition) is 1. The molecule has 1 aliphatic heterocycles. The Morgan fingerprint density at radius 3 is 3.00 bits per heavy atom. The van der Waals surface area contributed by atoms with E-state index in [4.69, 9.17) is 9.84 Å². The van der Waals surface area contributed by atoms with E-state index in [1.807, 2.05) is 0 Å². The summed E-state index contributed by atoms with van der Waals surface area (Å²) in [5, 5.41) is 20.0. The third-order valence-corrected chi connectivity index (χ3v) is 3.36. The lowest BCUT2D eigenvalue weighted by atomic mass is 10.1. The van der Waals surface area contributed by atoms with Gasteiger partial charge in [-0.3, -0.25) is 14.9 Å². The van der Waals surface area contributed by atoms with Crippen molar-refractivity contribution in [2.75, 3.05) is 26.3 Å². The van der Waals surface area contributed by atoms with Crippen molar-refractivity contribution in [2.45, 2.75) is 13.0 Å². The number of carbonyl (C=O) groups excluding carboxylic acids is 1. The molecule has 1 fully saturated rings. The van der Waals surface area contributed by atoms with Crippen LogP contribution in [0.4, 0.5) is 5.69 Å². The number of aliphatic hydroxyl groups is 1. The minimum Gasteiger partial charge on any atom is -0.394 e. The van der Waals surface area contributed by atoms with Crippen LogP contribution < -0.4 is 0 Å². The van der Waals surface area contributed by atoms with E-state index in [0.29, 0.717) is 24.3 Å². The van der Waals surface area contributed by atoms with E-state index in [9.17, 15) is 14.9 Å². The zero-order chi connectivity index (χ0) is 14.7. The number of benzene rings is 1. The molecule has 0 aliphatic carbocycles. The molecule has 7 heteroatoms. The Morgan fingerprint density at radius 2 is 2.35 bits per heavy atom. The van der Waals surface area contributed by atoms with E-state index in [0.717, 1.165) is 0 Å². The quantitative estimate of drug-likeness (QED) is 0.651. The molecule has 20 heavy (non-hydrogen) atoms. The van der Waals surface area contributed by atoms with Crippen LogP contribution in [0.1, 0.15) is 15.9 Å². The molecule has 1 aromatic rings. The van der Waals surface area contributed by atoms with Crippen LogP contribution in [0.5, 0.6) is 0 Å². The Labute approximate surface area is 115 Å². The maximum atomic E-state index is 12.4. The molecular formula is C13H16N2O5. The maximum Gasteiger partial charge on any atom is 0.273 e. The first-order valence-electron chi connectivity index (χ1n) is 6.30. The van der Waals surface area contributed by atoms with E-state index in [2.05, 4.69) is 0 Å². The number of carbonyl (C=O) groups is 1. The number of nitro benzene ring substituents is 1. The summed E-state index contributed by atoms with van der Waals surface area (Å²) in [5.74, 6) is -0.270. The molecule has 1 saturated heterocycles. The summed E-state index contributed by atoms with van der Waals surface area (Å²) >= 11 is 0. The van der Waals surface area contributed by atoms with E-state index in [1.54, 1.807) is 17.9 Å². The monoisotopic (exact) mass is 280 g/mol. The van der Waals surface area contributed by atoms with Crippen LogP contribution in [0.15, 0.2) is 18.2 Å². The number of amides is 1. The van der Waals surface area contributed by atoms with Crippen LogP contribution >= 0.6 is 0 Å². The van der Waals surface area contributed by atoms with Crippen LogP contribution in [-0.2, 0) is 4.74 Å². The minimum atomic E-state index is -0.498. The SMILES string of the molecule is Cc1c(C(=O)N2CCOC(CO)C2)cccc1[N+](=O)[O-]. The smallest absolute Gasteiger partial charge is 0.273 e. The number of nitrogens with zero attached hydrogens (tertiary/aromatic N) is 2. The van der Waals surface area contributed by atoms with Crippen molar-refractivity contribution in [3.63, 3.8) is 0 Å². The highest BCUT2D eigenvalue weighted by atomic mass is 16.6. The Hall–Kier alpha value is -1.99. The fraction of sp³-hybridized carbons (Fsp3) is 0.462. The lowest BCUT2D eigenvalue weighted by Gasteiger charge is -2.32. The predicted octanol–water partition coefficient (Wildman–Crippen LogP) is 0.737. The van der Waals surface area contributed by atoms with Crippen molar-refractivity contribution in [1.29, 1.82) is 0 Å². The third-order valence-electron chi connectivity index (χ3n) is 3.36. The van der Waals surface area contributed by atoms with Gasteiger partial charge in [0.05, 0.1) is 24.2 Å². The lowest BCUT2D eigenvalue weighted by molar-refractivity contribution is -0.385. The standard InChI is InChI=1S/C13H16N2O5/c1-9-11(3-2-4-12(9)15(18)19)13(17)14-5-6-20-10(7-14)8-16/h2-4,10,16H,5-8H2,1H3. The first-order valence-corrected chi connectivity index (χ1v) is 6.30. The van der Waals surface area contributed by atoms with Crippen molar-refractivity contribution >= 4 is 11.6 Å². The fourth-order valence-electron chi connectivity index (χ4n) is 2.24. The van der Waals surface area contributed by atoms with E-state index >= 15 is 0 Å². The van der Waals surface area contributed by atoms with E-state index < -0.39 is 11.0 Å². The number of hydrogen-bond acceptors (Lipinski definition) is 5. The average Bonchev–Trinajstić information content (AvgIpc) is 2.46. The normalized spacial score (nSPS) is 18.9. The molecule has 0 spiro atoms. The number of morpholine rings is 1. The molecule has 0 radical (unpaired) electrons. The Bertz CT molecular complexity index is 531. The van der Waals surface area contributed by atoms with Gasteiger partial charge in [0.15, 0.2) is 0 Å². The predicted molar refractivity (Wildman–Crippen MR) is 70.6 cm³/mol. The molecule has 2 rings (SSSR count). The summed E-state index contributed by atoms with van der Waals surface area (Å²) < 4.78 is 5.28. The van der Waals surface area contributed by atoms with Gasteiger partial charge < -0.3 is 14.7 Å². The highest BCUT2D eigenvalue weighted by molar-refractivity contribution is 5.96. The van der Waals surface area contributed by atoms with Crippen LogP contribution in [0.2, 0.25) is 0 Å². The summed E-state index contributed by atoms with van der Waals surface area (Å²) in [4.78, 5) is 24.4. The minimum absolute atomic E-state index is 0.0668. The van der Waals surface area contributed by atoms with Gasteiger partial charge in [-0.2, -0.15) is 0 Å². The Kier molecular flexibility index (Phi) is 4.31. The van der Waals surface area contributed by atoms with Crippen LogP contribution in [-0.4, -0.2) is 53.2 Å². The van der Waals surface area contributed by atoms with E-state index in [-0.39, 0.29) is 24.7 Å². The molecule has 0 saturated carbocycles. The fourth-order valence-corrected chi connectivity index (χ4v) is 2.24. The second kappa shape index (κ2) is 5.98. The van der Waals surface area contributed by atoms with Gasteiger partial charge in [0.2, 0.25) is 0 Å². The zero-order valence-corrected chi connectivity index (χ0v) is 11.1. The summed E-state index contributed by atoms with van der Waals surface area (Å²) in [6.45, 7) is 2.47. The van der Waals surface area contributed by atoms with Gasteiger partial charge in [-0.15, -0.1) is 0 Å². The molecule has 1 unspecified atom stereocenters. The molecule has 7 nitrogen and oxygen atoms in total. The number of ether oxygens (including phenoxy) is 1. The summed E-state index contributed by atoms with van der Waals surface area (Å²) in [6.07, 6.45) is -0.397. The van der Waals surface area contributed by atoms with Crippen LogP contribution in [0.3, 0.4) is 0 Å². The molecule has 108 valence electrons. The first-order chi connectivity index (χ1) is 9.54. The second-order valence-corrected chi connectivity index (χ2v) is 4.63. The number of nitro groups is 1. The van der Waals surface area contributed by atoms with Gasteiger partial charge >= 0.3 is 0 Å². The second-order valence-electron chi connectivity index (χ2n) is 4.63.